The normalized spacial score (nSPS) is 36.0. The van der Waals surface area contributed by atoms with Crippen molar-refractivity contribution in [3.05, 3.63) is 29.6 Å². The van der Waals surface area contributed by atoms with E-state index in [4.69, 9.17) is 4.74 Å². The van der Waals surface area contributed by atoms with Crippen LogP contribution in [-0.4, -0.2) is 23.7 Å². The van der Waals surface area contributed by atoms with Gasteiger partial charge in [-0.2, -0.15) is 0 Å². The summed E-state index contributed by atoms with van der Waals surface area (Å²) in [4.78, 5) is 12.7. The zero-order chi connectivity index (χ0) is 18.5. The van der Waals surface area contributed by atoms with Crippen molar-refractivity contribution in [1.29, 1.82) is 0 Å². The number of ether oxygens (including phenoxy) is 1. The summed E-state index contributed by atoms with van der Waals surface area (Å²) < 4.78 is 18.9. The van der Waals surface area contributed by atoms with E-state index in [2.05, 4.69) is 5.32 Å². The first-order valence-electron chi connectivity index (χ1n) is 9.65. The van der Waals surface area contributed by atoms with E-state index in [1.807, 2.05) is 6.92 Å². The third kappa shape index (κ3) is 3.22. The van der Waals surface area contributed by atoms with Crippen LogP contribution in [-0.2, 0) is 4.79 Å². The summed E-state index contributed by atoms with van der Waals surface area (Å²) in [6, 6.07) is 4.51. The zero-order valence-electron chi connectivity index (χ0n) is 15.6. The number of carbonyl (C=O) groups is 1. The van der Waals surface area contributed by atoms with Gasteiger partial charge in [-0.15, -0.1) is 0 Å². The number of aliphatic hydroxyl groups is 1. The number of carbonyl (C=O) groups excluding carboxylic acids is 1. The summed E-state index contributed by atoms with van der Waals surface area (Å²) in [5.74, 6) is 0.923. The average Bonchev–Trinajstić information content (AvgIpc) is 2.51. The highest BCUT2D eigenvalue weighted by Gasteiger charge is 2.57. The minimum Gasteiger partial charge on any atom is -0.494 e. The Hall–Kier alpha value is -1.62. The molecule has 4 saturated carbocycles. The molecule has 4 fully saturated rings. The number of methoxy groups -OCH3 is 1. The molecule has 0 radical (unpaired) electrons. The molecule has 0 aliphatic heterocycles. The van der Waals surface area contributed by atoms with Crippen LogP contribution in [0, 0.1) is 23.1 Å². The van der Waals surface area contributed by atoms with Crippen LogP contribution in [0.25, 0.3) is 0 Å². The molecule has 0 spiro atoms. The lowest BCUT2D eigenvalue weighted by atomic mass is 9.47. The van der Waals surface area contributed by atoms with Crippen molar-refractivity contribution in [2.45, 2.75) is 63.5 Å². The largest absolute Gasteiger partial charge is 0.494 e. The highest BCUT2D eigenvalue weighted by atomic mass is 19.1. The van der Waals surface area contributed by atoms with Crippen LogP contribution in [0.3, 0.4) is 0 Å². The molecule has 4 bridgehead atoms. The average molecular weight is 361 g/mol. The SMILES string of the molecule is COc1ccc(C(C)NC(=O)CC23CC4CC(CC(O)(C4)C2)C3)cc1F. The van der Waals surface area contributed by atoms with Gasteiger partial charge in [0.1, 0.15) is 0 Å². The lowest BCUT2D eigenvalue weighted by Gasteiger charge is -2.60. The molecular formula is C21H28FNO3. The second-order valence-electron chi connectivity index (χ2n) is 9.05. The molecule has 3 unspecified atom stereocenters. The predicted molar refractivity (Wildman–Crippen MR) is 96.2 cm³/mol. The molecule has 2 N–H and O–H groups in total. The molecule has 1 amide bonds. The minimum absolute atomic E-state index is 0.000670. The summed E-state index contributed by atoms with van der Waals surface area (Å²) in [6.45, 7) is 1.87. The van der Waals surface area contributed by atoms with E-state index in [-0.39, 0.29) is 23.1 Å². The molecule has 0 aromatic heterocycles. The molecule has 0 saturated heterocycles. The molecule has 0 heterocycles. The molecule has 5 rings (SSSR count). The van der Waals surface area contributed by atoms with Crippen molar-refractivity contribution >= 4 is 5.91 Å². The molecule has 4 nitrogen and oxygen atoms in total. The first-order chi connectivity index (χ1) is 12.3. The first-order valence-corrected chi connectivity index (χ1v) is 9.65. The molecule has 4 aliphatic carbocycles. The third-order valence-corrected chi connectivity index (χ3v) is 6.74. The number of rotatable bonds is 5. The van der Waals surface area contributed by atoms with Gasteiger partial charge in [-0.25, -0.2) is 4.39 Å². The number of hydrogen-bond donors (Lipinski definition) is 2. The van der Waals surface area contributed by atoms with E-state index in [9.17, 15) is 14.3 Å². The van der Waals surface area contributed by atoms with Gasteiger partial charge in [-0.05, 0) is 80.4 Å². The number of halogens is 1. The Morgan fingerprint density at radius 3 is 2.62 bits per heavy atom. The quantitative estimate of drug-likeness (QED) is 0.840. The van der Waals surface area contributed by atoms with E-state index in [0.717, 1.165) is 37.7 Å². The second kappa shape index (κ2) is 6.22. The topological polar surface area (TPSA) is 58.6 Å². The van der Waals surface area contributed by atoms with Crippen molar-refractivity contribution < 1.29 is 19.0 Å². The van der Waals surface area contributed by atoms with Crippen LogP contribution in [0.5, 0.6) is 5.75 Å². The molecule has 26 heavy (non-hydrogen) atoms. The Morgan fingerprint density at radius 2 is 2.04 bits per heavy atom. The van der Waals surface area contributed by atoms with Crippen LogP contribution in [0.15, 0.2) is 18.2 Å². The number of amides is 1. The molecule has 1 aromatic carbocycles. The molecule has 1 aromatic rings. The maximum absolute atomic E-state index is 13.9. The Morgan fingerprint density at radius 1 is 1.35 bits per heavy atom. The Kier molecular flexibility index (Phi) is 4.25. The van der Waals surface area contributed by atoms with Gasteiger partial charge in [0.2, 0.25) is 5.91 Å². The summed E-state index contributed by atoms with van der Waals surface area (Å²) >= 11 is 0. The summed E-state index contributed by atoms with van der Waals surface area (Å²) in [6.07, 6.45) is 6.38. The van der Waals surface area contributed by atoms with Crippen LogP contribution < -0.4 is 10.1 Å². The van der Waals surface area contributed by atoms with E-state index in [1.54, 1.807) is 12.1 Å². The van der Waals surface area contributed by atoms with Gasteiger partial charge in [0, 0.05) is 6.42 Å². The van der Waals surface area contributed by atoms with Gasteiger partial charge < -0.3 is 15.2 Å². The second-order valence-corrected chi connectivity index (χ2v) is 9.05. The lowest BCUT2D eigenvalue weighted by Crippen LogP contribution is -2.56. The van der Waals surface area contributed by atoms with Crippen molar-refractivity contribution in [3.8, 4) is 5.75 Å². The van der Waals surface area contributed by atoms with Gasteiger partial charge in [0.15, 0.2) is 11.6 Å². The summed E-state index contributed by atoms with van der Waals surface area (Å²) in [5.41, 5.74) is 0.129. The number of hydrogen-bond acceptors (Lipinski definition) is 3. The van der Waals surface area contributed by atoms with Gasteiger partial charge in [0.25, 0.3) is 0 Å². The fourth-order valence-corrected chi connectivity index (χ4v) is 6.28. The van der Waals surface area contributed by atoms with Crippen LogP contribution in [0.2, 0.25) is 0 Å². The van der Waals surface area contributed by atoms with Crippen LogP contribution in [0.1, 0.15) is 63.5 Å². The number of nitrogens with one attached hydrogen (secondary N) is 1. The monoisotopic (exact) mass is 361 g/mol. The molecule has 142 valence electrons. The molecule has 4 aliphatic rings. The van der Waals surface area contributed by atoms with Gasteiger partial charge >= 0.3 is 0 Å². The fraction of sp³-hybridized carbons (Fsp3) is 0.667. The Bertz CT molecular complexity index is 705. The minimum atomic E-state index is -0.547. The van der Waals surface area contributed by atoms with Gasteiger partial charge in [0.05, 0.1) is 18.8 Å². The lowest BCUT2D eigenvalue weighted by molar-refractivity contribution is -0.169. The van der Waals surface area contributed by atoms with Gasteiger partial charge in [-0.3, -0.25) is 4.79 Å². The smallest absolute Gasteiger partial charge is 0.221 e. The Labute approximate surface area is 154 Å². The fourth-order valence-electron chi connectivity index (χ4n) is 6.28. The van der Waals surface area contributed by atoms with E-state index in [1.165, 1.54) is 19.6 Å². The zero-order valence-corrected chi connectivity index (χ0v) is 15.6. The third-order valence-electron chi connectivity index (χ3n) is 6.74. The molecular weight excluding hydrogens is 333 g/mol. The van der Waals surface area contributed by atoms with E-state index >= 15 is 0 Å². The molecule has 5 heteroatoms. The summed E-state index contributed by atoms with van der Waals surface area (Å²) in [7, 11) is 1.43. The highest BCUT2D eigenvalue weighted by molar-refractivity contribution is 5.77. The van der Waals surface area contributed by atoms with E-state index < -0.39 is 11.4 Å². The standard InChI is InChI=1S/C21H28FNO3/c1-13(16-3-4-18(26-2)17(22)6-16)23-19(24)11-20-7-14-5-15(8-20)10-21(25,9-14)12-20/h3-4,6,13-15,25H,5,7-12H2,1-2H3,(H,23,24). The van der Waals surface area contributed by atoms with Crippen molar-refractivity contribution in [2.24, 2.45) is 17.3 Å². The van der Waals surface area contributed by atoms with Crippen LogP contribution >= 0.6 is 0 Å². The van der Waals surface area contributed by atoms with E-state index in [0.29, 0.717) is 18.3 Å². The van der Waals surface area contributed by atoms with Crippen LogP contribution in [0.4, 0.5) is 4.39 Å². The van der Waals surface area contributed by atoms with Crippen molar-refractivity contribution in [1.82, 2.24) is 5.32 Å². The number of benzene rings is 1. The predicted octanol–water partition coefficient (Wildman–Crippen LogP) is 3.73. The van der Waals surface area contributed by atoms with Crippen molar-refractivity contribution in [3.63, 3.8) is 0 Å². The highest BCUT2D eigenvalue weighted by Crippen LogP contribution is 2.62. The maximum Gasteiger partial charge on any atom is 0.221 e. The maximum atomic E-state index is 13.9. The Balaban J connectivity index is 1.42. The summed E-state index contributed by atoms with van der Waals surface area (Å²) in [5, 5.41) is 13.9. The molecule has 3 atom stereocenters. The van der Waals surface area contributed by atoms with Crippen molar-refractivity contribution in [2.75, 3.05) is 7.11 Å². The first kappa shape index (κ1) is 17.8. The van der Waals surface area contributed by atoms with Gasteiger partial charge in [-0.1, -0.05) is 6.07 Å².